The maximum Gasteiger partial charge on any atom is 0.262 e. The number of hydrogen-bond acceptors (Lipinski definition) is 5. The van der Waals surface area contributed by atoms with E-state index in [1.807, 2.05) is 26.8 Å². The minimum atomic E-state index is -0.638. The number of H-pyrrole nitrogens is 1. The quantitative estimate of drug-likeness (QED) is 0.552. The zero-order valence-corrected chi connectivity index (χ0v) is 16.3. The normalized spacial score (nSPS) is 16.3. The van der Waals surface area contributed by atoms with E-state index >= 15 is 0 Å². The molecule has 8 nitrogen and oxygen atoms in total. The summed E-state index contributed by atoms with van der Waals surface area (Å²) < 4.78 is 1.44. The first-order chi connectivity index (χ1) is 13.2. The number of benzene rings is 1. The van der Waals surface area contributed by atoms with Crippen LogP contribution in [0.15, 0.2) is 29.1 Å². The second-order valence-corrected chi connectivity index (χ2v) is 7.87. The number of hydrogen-bond donors (Lipinski definition) is 4. The molecule has 0 unspecified atom stereocenters. The van der Waals surface area contributed by atoms with Crippen LogP contribution in [0.2, 0.25) is 0 Å². The van der Waals surface area contributed by atoms with Crippen LogP contribution in [0, 0.1) is 0 Å². The van der Waals surface area contributed by atoms with Gasteiger partial charge in [0.2, 0.25) is 5.95 Å². The molecule has 3 heterocycles. The van der Waals surface area contributed by atoms with Crippen molar-refractivity contribution in [1.29, 1.82) is 0 Å². The molecule has 146 valence electrons. The topological polar surface area (TPSA) is 112 Å². The molecule has 2 aromatic heterocycles. The van der Waals surface area contributed by atoms with Crippen LogP contribution in [-0.2, 0) is 7.05 Å². The molecule has 28 heavy (non-hydrogen) atoms. The highest BCUT2D eigenvalue weighted by molar-refractivity contribution is 6.01. The Kier molecular flexibility index (Phi) is 4.04. The van der Waals surface area contributed by atoms with Crippen molar-refractivity contribution in [3.8, 4) is 11.3 Å². The van der Waals surface area contributed by atoms with Crippen molar-refractivity contribution in [2.45, 2.75) is 32.4 Å². The number of para-hydroxylation sites is 1. The third-order valence-electron chi connectivity index (χ3n) is 5.12. The molecule has 1 amide bonds. The summed E-state index contributed by atoms with van der Waals surface area (Å²) in [5.74, 6) is 0.260. The van der Waals surface area contributed by atoms with E-state index in [1.165, 1.54) is 4.57 Å². The van der Waals surface area contributed by atoms with Crippen molar-refractivity contribution < 1.29 is 9.90 Å². The zero-order chi connectivity index (χ0) is 20.2. The maximum absolute atomic E-state index is 12.9. The van der Waals surface area contributed by atoms with Crippen LogP contribution in [0.1, 0.15) is 42.9 Å². The molecule has 3 aromatic rings. The number of carbonyl (C=O) groups is 1. The number of amides is 1. The number of fused-ring (bicyclic) bond motifs is 2. The van der Waals surface area contributed by atoms with Gasteiger partial charge in [0.25, 0.3) is 11.5 Å². The molecule has 0 radical (unpaired) electrons. The molecule has 0 aliphatic carbocycles. The lowest BCUT2D eigenvalue weighted by molar-refractivity contribution is 0.0958. The van der Waals surface area contributed by atoms with Crippen LogP contribution in [0.5, 0.6) is 0 Å². The van der Waals surface area contributed by atoms with Crippen LogP contribution in [0.4, 0.5) is 5.95 Å². The van der Waals surface area contributed by atoms with E-state index in [0.29, 0.717) is 22.4 Å². The number of nitrogens with zero attached hydrogens (tertiary/aromatic N) is 2. The van der Waals surface area contributed by atoms with Crippen molar-refractivity contribution in [3.63, 3.8) is 0 Å². The average molecular weight is 381 g/mol. The fourth-order valence-electron chi connectivity index (χ4n) is 3.46. The van der Waals surface area contributed by atoms with Gasteiger partial charge < -0.3 is 20.7 Å². The molecule has 0 fully saturated rings. The predicted octanol–water partition coefficient (Wildman–Crippen LogP) is 1.92. The fraction of sp³-hybridized carbons (Fsp3) is 0.350. The molecular weight excluding hydrogens is 358 g/mol. The molecule has 1 aromatic carbocycles. The second-order valence-electron chi connectivity index (χ2n) is 7.87. The van der Waals surface area contributed by atoms with Crippen LogP contribution >= 0.6 is 0 Å². The number of aromatic amines is 1. The first-order valence-corrected chi connectivity index (χ1v) is 9.15. The van der Waals surface area contributed by atoms with E-state index < -0.39 is 5.54 Å². The summed E-state index contributed by atoms with van der Waals surface area (Å²) in [5.41, 5.74) is 2.65. The standard InChI is InChI=1S/C20H23N5O3/c1-10-15-13(17(27)21-10)8-14(22-15)11-6-5-7-12-16(11)23-19(25(4)18(12)28)24-20(2,3)9-26/h5-8,10,22,26H,9H2,1-4H3,(H,21,27)(H,23,24)/t10-/m1/s1. The molecule has 0 saturated carbocycles. The van der Waals surface area contributed by atoms with Gasteiger partial charge in [-0.2, -0.15) is 0 Å². The van der Waals surface area contributed by atoms with Gasteiger partial charge >= 0.3 is 0 Å². The monoisotopic (exact) mass is 381 g/mol. The minimum Gasteiger partial charge on any atom is -0.394 e. The van der Waals surface area contributed by atoms with Gasteiger partial charge in [-0.1, -0.05) is 12.1 Å². The summed E-state index contributed by atoms with van der Waals surface area (Å²) in [7, 11) is 1.65. The van der Waals surface area contributed by atoms with Crippen molar-refractivity contribution in [3.05, 3.63) is 45.9 Å². The fourth-order valence-corrected chi connectivity index (χ4v) is 3.46. The summed E-state index contributed by atoms with van der Waals surface area (Å²) in [6, 6.07) is 7.13. The van der Waals surface area contributed by atoms with Crippen molar-refractivity contribution in [1.82, 2.24) is 19.9 Å². The van der Waals surface area contributed by atoms with Gasteiger partial charge in [0.05, 0.1) is 40.3 Å². The predicted molar refractivity (Wildman–Crippen MR) is 107 cm³/mol. The summed E-state index contributed by atoms with van der Waals surface area (Å²) >= 11 is 0. The number of aliphatic hydroxyl groups is 1. The zero-order valence-electron chi connectivity index (χ0n) is 16.3. The molecule has 1 atom stereocenters. The number of aliphatic hydroxyl groups excluding tert-OH is 1. The highest BCUT2D eigenvalue weighted by Gasteiger charge is 2.29. The highest BCUT2D eigenvalue weighted by Crippen LogP contribution is 2.32. The lowest BCUT2D eigenvalue weighted by atomic mass is 10.1. The molecule has 4 N–H and O–H groups in total. The number of carbonyl (C=O) groups excluding carboxylic acids is 1. The Morgan fingerprint density at radius 3 is 2.71 bits per heavy atom. The number of nitrogens with one attached hydrogen (secondary N) is 3. The Balaban J connectivity index is 1.92. The lowest BCUT2D eigenvalue weighted by Crippen LogP contribution is -2.38. The second kappa shape index (κ2) is 6.20. The van der Waals surface area contributed by atoms with Gasteiger partial charge in [0.15, 0.2) is 0 Å². The van der Waals surface area contributed by atoms with Gasteiger partial charge in [-0.05, 0) is 32.9 Å². The summed E-state index contributed by atoms with van der Waals surface area (Å²) in [5, 5.41) is 16.0. The third kappa shape index (κ3) is 2.77. The molecule has 0 bridgehead atoms. The van der Waals surface area contributed by atoms with Crippen LogP contribution in [0.3, 0.4) is 0 Å². The van der Waals surface area contributed by atoms with E-state index in [1.54, 1.807) is 25.2 Å². The smallest absolute Gasteiger partial charge is 0.262 e. The Morgan fingerprint density at radius 2 is 2.04 bits per heavy atom. The SMILES string of the molecule is C[C@H]1NC(=O)c2cc(-c3cccc4c(=O)n(C)c(NC(C)(C)CO)nc34)[nH]c21. The van der Waals surface area contributed by atoms with Crippen LogP contribution in [-0.4, -0.2) is 37.7 Å². The van der Waals surface area contributed by atoms with Crippen LogP contribution < -0.4 is 16.2 Å². The van der Waals surface area contributed by atoms with Crippen molar-refractivity contribution in [2.75, 3.05) is 11.9 Å². The Labute approximate surface area is 161 Å². The molecule has 0 saturated heterocycles. The molecule has 8 heteroatoms. The van der Waals surface area contributed by atoms with E-state index in [9.17, 15) is 14.7 Å². The maximum atomic E-state index is 12.9. The van der Waals surface area contributed by atoms with Crippen molar-refractivity contribution >= 4 is 22.8 Å². The van der Waals surface area contributed by atoms with Gasteiger partial charge in [0.1, 0.15) is 0 Å². The summed E-state index contributed by atoms with van der Waals surface area (Å²) in [6.07, 6.45) is 0. The third-order valence-corrected chi connectivity index (χ3v) is 5.12. The summed E-state index contributed by atoms with van der Waals surface area (Å²) in [6.45, 7) is 5.45. The summed E-state index contributed by atoms with van der Waals surface area (Å²) in [4.78, 5) is 33.0. The molecule has 0 spiro atoms. The largest absolute Gasteiger partial charge is 0.394 e. The van der Waals surface area contributed by atoms with Gasteiger partial charge in [-0.25, -0.2) is 4.98 Å². The molecule has 1 aliphatic heterocycles. The van der Waals surface area contributed by atoms with E-state index in [2.05, 4.69) is 20.6 Å². The van der Waals surface area contributed by atoms with Crippen LogP contribution in [0.25, 0.3) is 22.2 Å². The van der Waals surface area contributed by atoms with E-state index in [-0.39, 0.29) is 24.1 Å². The van der Waals surface area contributed by atoms with Gasteiger partial charge in [0, 0.05) is 18.3 Å². The Hall–Kier alpha value is -3.13. The Bertz CT molecular complexity index is 1160. The van der Waals surface area contributed by atoms with E-state index in [4.69, 9.17) is 0 Å². The highest BCUT2D eigenvalue weighted by atomic mass is 16.3. The molecule has 1 aliphatic rings. The number of aromatic nitrogens is 3. The van der Waals surface area contributed by atoms with Gasteiger partial charge in [-0.3, -0.25) is 14.2 Å². The van der Waals surface area contributed by atoms with Gasteiger partial charge in [-0.15, -0.1) is 0 Å². The minimum absolute atomic E-state index is 0.0883. The first kappa shape index (κ1) is 18.2. The van der Waals surface area contributed by atoms with E-state index in [0.717, 1.165) is 17.0 Å². The molecular formula is C20H23N5O3. The first-order valence-electron chi connectivity index (χ1n) is 9.15. The number of rotatable bonds is 4. The molecule has 4 rings (SSSR count). The lowest BCUT2D eigenvalue weighted by Gasteiger charge is -2.25. The van der Waals surface area contributed by atoms with Crippen molar-refractivity contribution in [2.24, 2.45) is 7.05 Å². The number of anilines is 1. The average Bonchev–Trinajstić information content (AvgIpc) is 3.20. The Morgan fingerprint density at radius 1 is 1.29 bits per heavy atom.